The van der Waals surface area contributed by atoms with E-state index in [-0.39, 0.29) is 11.1 Å². The van der Waals surface area contributed by atoms with Gasteiger partial charge in [0.25, 0.3) is 5.91 Å². The minimum atomic E-state index is -0.632. The highest BCUT2D eigenvalue weighted by molar-refractivity contribution is 6.23. The molecule has 0 fully saturated rings. The smallest absolute Gasteiger partial charge is 0.340 e. The first-order chi connectivity index (χ1) is 16.3. The molecular weight excluding hydrogens is 442 g/mol. The first kappa shape index (κ1) is 24.5. The number of methoxy groups -OCH3 is 6. The van der Waals surface area contributed by atoms with Gasteiger partial charge in [-0.2, -0.15) is 0 Å². The van der Waals surface area contributed by atoms with Gasteiger partial charge in [0, 0.05) is 11.8 Å². The summed E-state index contributed by atoms with van der Waals surface area (Å²) in [5.74, 6) is 1.17. The Hall–Kier alpha value is -4.14. The van der Waals surface area contributed by atoms with Crippen LogP contribution in [0.5, 0.6) is 28.7 Å². The molecule has 2 aromatic carbocycles. The van der Waals surface area contributed by atoms with Crippen molar-refractivity contribution in [2.24, 2.45) is 0 Å². The van der Waals surface area contributed by atoms with Crippen LogP contribution in [0.2, 0.25) is 0 Å². The lowest BCUT2D eigenvalue weighted by Crippen LogP contribution is -2.24. The van der Waals surface area contributed by atoms with Gasteiger partial charge in [-0.1, -0.05) is 0 Å². The summed E-state index contributed by atoms with van der Waals surface area (Å²) in [6.45, 7) is 1.68. The molecule has 1 amide bonds. The third-order valence-electron chi connectivity index (χ3n) is 5.41. The predicted octanol–water partition coefficient (Wildman–Crippen LogP) is 3.61. The maximum atomic E-state index is 13.6. The number of rotatable bonds is 8. The van der Waals surface area contributed by atoms with Crippen molar-refractivity contribution in [3.63, 3.8) is 0 Å². The van der Waals surface area contributed by atoms with E-state index in [4.69, 9.17) is 28.4 Å². The van der Waals surface area contributed by atoms with Gasteiger partial charge >= 0.3 is 5.97 Å². The molecule has 0 N–H and O–H groups in total. The molecule has 2 aromatic rings. The summed E-state index contributed by atoms with van der Waals surface area (Å²) in [7, 11) is 8.79. The molecule has 0 saturated heterocycles. The highest BCUT2D eigenvalue weighted by atomic mass is 16.5. The van der Waals surface area contributed by atoms with Gasteiger partial charge in [0.2, 0.25) is 5.75 Å². The van der Waals surface area contributed by atoms with E-state index in [0.29, 0.717) is 45.7 Å². The van der Waals surface area contributed by atoms with E-state index in [1.54, 1.807) is 43.3 Å². The molecule has 0 radical (unpaired) electrons. The normalized spacial score (nSPS) is 14.4. The largest absolute Gasteiger partial charge is 0.493 e. The zero-order valence-electron chi connectivity index (χ0n) is 20.2. The summed E-state index contributed by atoms with van der Waals surface area (Å²) in [6, 6.07) is 8.43. The molecule has 1 aliphatic rings. The lowest BCUT2D eigenvalue weighted by molar-refractivity contribution is -0.136. The van der Waals surface area contributed by atoms with Crippen LogP contribution in [0.25, 0.3) is 6.08 Å². The topological polar surface area (TPSA) is 92.8 Å². The third kappa shape index (κ3) is 4.24. The van der Waals surface area contributed by atoms with Crippen LogP contribution in [0.15, 0.2) is 47.2 Å². The Balaban J connectivity index is 2.18. The molecule has 1 aliphatic heterocycles. The molecule has 0 bridgehead atoms. The number of carbonyl (C=O) groups is 2. The Morgan fingerprint density at radius 2 is 1.38 bits per heavy atom. The number of amides is 1. The van der Waals surface area contributed by atoms with Gasteiger partial charge in [0.15, 0.2) is 23.0 Å². The van der Waals surface area contributed by atoms with Gasteiger partial charge < -0.3 is 28.4 Å². The van der Waals surface area contributed by atoms with Gasteiger partial charge in [-0.25, -0.2) is 4.79 Å². The maximum Gasteiger partial charge on any atom is 0.340 e. The summed E-state index contributed by atoms with van der Waals surface area (Å²) in [4.78, 5) is 27.7. The highest BCUT2D eigenvalue weighted by Gasteiger charge is 2.38. The summed E-state index contributed by atoms with van der Waals surface area (Å²) in [5, 5.41) is 0. The van der Waals surface area contributed by atoms with Crippen molar-refractivity contribution < 1.29 is 38.0 Å². The fourth-order valence-electron chi connectivity index (χ4n) is 3.81. The Kier molecular flexibility index (Phi) is 7.35. The molecule has 9 heteroatoms. The number of allylic oxidation sites excluding steroid dienone is 1. The van der Waals surface area contributed by atoms with Crippen molar-refractivity contribution in [2.45, 2.75) is 6.92 Å². The van der Waals surface area contributed by atoms with Crippen molar-refractivity contribution in [3.05, 3.63) is 52.7 Å². The Labute approximate surface area is 198 Å². The lowest BCUT2D eigenvalue weighted by Gasteiger charge is -2.19. The van der Waals surface area contributed by atoms with Gasteiger partial charge in [-0.3, -0.25) is 9.69 Å². The van der Waals surface area contributed by atoms with Crippen molar-refractivity contribution in [1.29, 1.82) is 0 Å². The van der Waals surface area contributed by atoms with E-state index in [2.05, 4.69) is 0 Å². The lowest BCUT2D eigenvalue weighted by atomic mass is 10.0. The molecule has 3 rings (SSSR count). The van der Waals surface area contributed by atoms with Crippen molar-refractivity contribution in [1.82, 2.24) is 0 Å². The minimum absolute atomic E-state index is 0.149. The first-order valence-electron chi connectivity index (χ1n) is 10.2. The quantitative estimate of drug-likeness (QED) is 0.428. The maximum absolute atomic E-state index is 13.6. The van der Waals surface area contributed by atoms with Crippen LogP contribution < -0.4 is 28.6 Å². The standard InChI is InChI=1S/C25H27NO8/c1-14-22(25(28)34-7)17(10-15-11-20(31-4)23(33-6)21(12-15)32-5)24(27)26(14)16-8-9-18(29-2)19(13-16)30-3/h8-13H,1-7H3. The van der Waals surface area contributed by atoms with Crippen LogP contribution >= 0.6 is 0 Å². The zero-order chi connectivity index (χ0) is 25.0. The van der Waals surface area contributed by atoms with E-state index in [1.165, 1.54) is 47.6 Å². The number of benzene rings is 2. The van der Waals surface area contributed by atoms with E-state index in [9.17, 15) is 9.59 Å². The van der Waals surface area contributed by atoms with E-state index in [0.717, 1.165) is 0 Å². The molecule has 9 nitrogen and oxygen atoms in total. The Morgan fingerprint density at radius 1 is 0.794 bits per heavy atom. The molecule has 1 heterocycles. The summed E-state index contributed by atoms with van der Waals surface area (Å²) < 4.78 is 31.8. The summed E-state index contributed by atoms with van der Waals surface area (Å²) in [6.07, 6.45) is 1.59. The second-order valence-corrected chi connectivity index (χ2v) is 7.15. The van der Waals surface area contributed by atoms with E-state index < -0.39 is 11.9 Å². The van der Waals surface area contributed by atoms with Crippen LogP contribution in [0, 0.1) is 0 Å². The summed E-state index contributed by atoms with van der Waals surface area (Å²) >= 11 is 0. The minimum Gasteiger partial charge on any atom is -0.493 e. The van der Waals surface area contributed by atoms with E-state index in [1.807, 2.05) is 0 Å². The van der Waals surface area contributed by atoms with Gasteiger partial charge in [0.05, 0.1) is 59.5 Å². The number of ether oxygens (including phenoxy) is 6. The second kappa shape index (κ2) is 10.2. The van der Waals surface area contributed by atoms with Crippen LogP contribution in [0.1, 0.15) is 12.5 Å². The van der Waals surface area contributed by atoms with Crippen LogP contribution in [0.3, 0.4) is 0 Å². The van der Waals surface area contributed by atoms with Crippen LogP contribution in [-0.4, -0.2) is 54.5 Å². The van der Waals surface area contributed by atoms with Crippen molar-refractivity contribution in [3.8, 4) is 28.7 Å². The summed E-state index contributed by atoms with van der Waals surface area (Å²) in [5.41, 5.74) is 1.81. The molecule has 0 aliphatic carbocycles. The van der Waals surface area contributed by atoms with Gasteiger partial charge in [-0.15, -0.1) is 0 Å². The molecule has 0 saturated carbocycles. The Morgan fingerprint density at radius 3 is 1.88 bits per heavy atom. The van der Waals surface area contributed by atoms with Crippen molar-refractivity contribution in [2.75, 3.05) is 47.6 Å². The number of hydrogen-bond donors (Lipinski definition) is 0. The average molecular weight is 469 g/mol. The zero-order valence-corrected chi connectivity index (χ0v) is 20.2. The number of hydrogen-bond acceptors (Lipinski definition) is 8. The molecule has 180 valence electrons. The van der Waals surface area contributed by atoms with Crippen molar-refractivity contribution >= 4 is 23.6 Å². The molecule has 0 atom stereocenters. The van der Waals surface area contributed by atoms with Crippen LogP contribution in [-0.2, 0) is 14.3 Å². The van der Waals surface area contributed by atoms with Crippen LogP contribution in [0.4, 0.5) is 5.69 Å². The fourth-order valence-corrected chi connectivity index (χ4v) is 3.81. The molecule has 34 heavy (non-hydrogen) atoms. The average Bonchev–Trinajstić information content (AvgIpc) is 3.10. The fraction of sp³-hybridized carbons (Fsp3) is 0.280. The molecular formula is C25H27NO8. The third-order valence-corrected chi connectivity index (χ3v) is 5.41. The SMILES string of the molecule is COC(=O)C1=C(C)N(c2ccc(OC)c(OC)c2)C(=O)C1=Cc1cc(OC)c(OC)c(OC)c1. The van der Waals surface area contributed by atoms with E-state index >= 15 is 0 Å². The number of anilines is 1. The first-order valence-corrected chi connectivity index (χ1v) is 10.2. The monoisotopic (exact) mass is 469 g/mol. The molecule has 0 unspecified atom stereocenters. The predicted molar refractivity (Wildman–Crippen MR) is 126 cm³/mol. The molecule has 0 aromatic heterocycles. The number of carbonyl (C=O) groups excluding carboxylic acids is 2. The van der Waals surface area contributed by atoms with Gasteiger partial charge in [-0.05, 0) is 42.8 Å². The number of esters is 1. The number of nitrogens with zero attached hydrogens (tertiary/aromatic N) is 1. The Bertz CT molecular complexity index is 1160. The van der Waals surface area contributed by atoms with Gasteiger partial charge in [0.1, 0.15) is 0 Å². The highest BCUT2D eigenvalue weighted by Crippen LogP contribution is 2.41. The molecule has 0 spiro atoms. The second-order valence-electron chi connectivity index (χ2n) is 7.15.